The molecule has 2 saturated heterocycles. The Hall–Kier alpha value is -0.860. The molecule has 1 aromatic carbocycles. The van der Waals surface area contributed by atoms with Crippen LogP contribution in [0.4, 0.5) is 0 Å². The first-order chi connectivity index (χ1) is 9.85. The highest BCUT2D eigenvalue weighted by molar-refractivity contribution is 5.30. The molecule has 2 nitrogen and oxygen atoms in total. The van der Waals surface area contributed by atoms with Crippen molar-refractivity contribution in [3.63, 3.8) is 0 Å². The SMILES string of the molecule is CNC(c1cccc(C2CCC2)c1)C1CC2CCC1O2. The van der Waals surface area contributed by atoms with Gasteiger partial charge in [0.2, 0.25) is 0 Å². The Labute approximate surface area is 121 Å². The van der Waals surface area contributed by atoms with E-state index >= 15 is 0 Å². The van der Waals surface area contributed by atoms with Gasteiger partial charge in [-0.2, -0.15) is 0 Å². The first-order valence-corrected chi connectivity index (χ1v) is 8.27. The molecule has 2 aliphatic heterocycles. The second-order valence-corrected chi connectivity index (χ2v) is 6.84. The zero-order chi connectivity index (χ0) is 13.5. The van der Waals surface area contributed by atoms with Gasteiger partial charge in [-0.25, -0.2) is 0 Å². The molecule has 4 atom stereocenters. The van der Waals surface area contributed by atoms with E-state index in [0.29, 0.717) is 24.2 Å². The average molecular weight is 271 g/mol. The molecule has 1 saturated carbocycles. The van der Waals surface area contributed by atoms with Gasteiger partial charge in [-0.15, -0.1) is 0 Å². The van der Waals surface area contributed by atoms with Crippen molar-refractivity contribution in [1.82, 2.24) is 5.32 Å². The van der Waals surface area contributed by atoms with Crippen molar-refractivity contribution >= 4 is 0 Å². The fourth-order valence-corrected chi connectivity index (χ4v) is 4.40. The molecule has 4 rings (SSSR count). The van der Waals surface area contributed by atoms with Crippen molar-refractivity contribution in [2.45, 2.75) is 62.7 Å². The third-order valence-electron chi connectivity index (χ3n) is 5.74. The first kappa shape index (κ1) is 12.8. The lowest BCUT2D eigenvalue weighted by Gasteiger charge is -2.30. The van der Waals surface area contributed by atoms with Crippen LogP contribution in [0, 0.1) is 5.92 Å². The van der Waals surface area contributed by atoms with E-state index in [9.17, 15) is 0 Å². The first-order valence-electron chi connectivity index (χ1n) is 8.27. The predicted octanol–water partition coefficient (Wildman–Crippen LogP) is 3.78. The number of rotatable bonds is 4. The Morgan fingerprint density at radius 3 is 2.70 bits per heavy atom. The summed E-state index contributed by atoms with van der Waals surface area (Å²) in [5.74, 6) is 1.49. The molecule has 1 aliphatic carbocycles. The van der Waals surface area contributed by atoms with Crippen LogP contribution in [0.5, 0.6) is 0 Å². The second-order valence-electron chi connectivity index (χ2n) is 6.84. The van der Waals surface area contributed by atoms with Gasteiger partial charge in [0.05, 0.1) is 12.2 Å². The Morgan fingerprint density at radius 1 is 1.20 bits per heavy atom. The molecule has 0 aromatic heterocycles. The molecular formula is C18H25NO. The van der Waals surface area contributed by atoms with Crippen molar-refractivity contribution in [2.75, 3.05) is 7.05 Å². The highest BCUT2D eigenvalue weighted by Crippen LogP contribution is 2.45. The Kier molecular flexibility index (Phi) is 3.31. The third-order valence-corrected chi connectivity index (χ3v) is 5.74. The summed E-state index contributed by atoms with van der Waals surface area (Å²) in [6.45, 7) is 0. The van der Waals surface area contributed by atoms with Crippen LogP contribution in [0.25, 0.3) is 0 Å². The van der Waals surface area contributed by atoms with Crippen LogP contribution in [-0.4, -0.2) is 19.3 Å². The minimum atomic E-state index is 0.463. The van der Waals surface area contributed by atoms with Crippen molar-refractivity contribution in [3.8, 4) is 0 Å². The van der Waals surface area contributed by atoms with E-state index in [4.69, 9.17) is 4.74 Å². The molecule has 1 N–H and O–H groups in total. The van der Waals surface area contributed by atoms with Crippen molar-refractivity contribution < 1.29 is 4.74 Å². The summed E-state index contributed by atoms with van der Waals surface area (Å²) in [4.78, 5) is 0. The number of fused-ring (bicyclic) bond motifs is 2. The van der Waals surface area contributed by atoms with E-state index in [0.717, 1.165) is 5.92 Å². The highest BCUT2D eigenvalue weighted by Gasteiger charge is 2.44. The van der Waals surface area contributed by atoms with Crippen LogP contribution < -0.4 is 5.32 Å². The topological polar surface area (TPSA) is 21.3 Å². The number of nitrogens with one attached hydrogen (secondary N) is 1. The van der Waals surface area contributed by atoms with Gasteiger partial charge in [-0.3, -0.25) is 0 Å². The largest absolute Gasteiger partial charge is 0.375 e. The van der Waals surface area contributed by atoms with Crippen LogP contribution in [-0.2, 0) is 4.74 Å². The van der Waals surface area contributed by atoms with Crippen LogP contribution in [0.3, 0.4) is 0 Å². The van der Waals surface area contributed by atoms with Gasteiger partial charge in [0, 0.05) is 12.0 Å². The van der Waals surface area contributed by atoms with Crippen LogP contribution in [0.2, 0.25) is 0 Å². The van der Waals surface area contributed by atoms with Gasteiger partial charge in [0.15, 0.2) is 0 Å². The van der Waals surface area contributed by atoms with Crippen molar-refractivity contribution in [1.29, 1.82) is 0 Å². The normalized spacial score (nSPS) is 34.1. The summed E-state index contributed by atoms with van der Waals surface area (Å²) >= 11 is 0. The lowest BCUT2D eigenvalue weighted by atomic mass is 9.77. The van der Waals surface area contributed by atoms with Gasteiger partial charge in [0.25, 0.3) is 0 Å². The molecule has 1 aromatic rings. The Balaban J connectivity index is 1.57. The summed E-state index contributed by atoms with van der Waals surface area (Å²) in [6, 6.07) is 9.79. The van der Waals surface area contributed by atoms with Crippen molar-refractivity contribution in [3.05, 3.63) is 35.4 Å². The summed E-state index contributed by atoms with van der Waals surface area (Å²) < 4.78 is 6.06. The number of ether oxygens (including phenoxy) is 1. The maximum atomic E-state index is 6.06. The molecule has 2 bridgehead atoms. The quantitative estimate of drug-likeness (QED) is 0.899. The molecule has 20 heavy (non-hydrogen) atoms. The molecule has 0 spiro atoms. The standard InChI is InChI=1S/C18H25NO/c1-19-18(16-11-15-8-9-17(16)20-15)14-7-3-6-13(10-14)12-4-2-5-12/h3,6-7,10,12,15-19H,2,4-5,8-9,11H2,1H3. The molecule has 0 amide bonds. The fourth-order valence-electron chi connectivity index (χ4n) is 4.40. The van der Waals surface area contributed by atoms with E-state index in [1.165, 1.54) is 44.1 Å². The van der Waals surface area contributed by atoms with Gasteiger partial charge < -0.3 is 10.1 Å². The minimum Gasteiger partial charge on any atom is -0.375 e. The number of benzene rings is 1. The van der Waals surface area contributed by atoms with E-state index in [-0.39, 0.29) is 0 Å². The maximum absolute atomic E-state index is 6.06. The Bertz CT molecular complexity index is 482. The monoisotopic (exact) mass is 271 g/mol. The van der Waals surface area contributed by atoms with Crippen LogP contribution >= 0.6 is 0 Å². The van der Waals surface area contributed by atoms with E-state index in [1.807, 2.05) is 0 Å². The molecule has 108 valence electrons. The van der Waals surface area contributed by atoms with E-state index < -0.39 is 0 Å². The summed E-state index contributed by atoms with van der Waals surface area (Å²) in [5.41, 5.74) is 3.02. The molecule has 4 unspecified atom stereocenters. The minimum absolute atomic E-state index is 0.463. The number of hydrogen-bond acceptors (Lipinski definition) is 2. The fraction of sp³-hybridized carbons (Fsp3) is 0.667. The third kappa shape index (κ3) is 2.10. The molecular weight excluding hydrogens is 246 g/mol. The van der Waals surface area contributed by atoms with Crippen LogP contribution in [0.15, 0.2) is 24.3 Å². The highest BCUT2D eigenvalue weighted by atomic mass is 16.5. The van der Waals surface area contributed by atoms with Gasteiger partial charge >= 0.3 is 0 Å². The predicted molar refractivity (Wildman–Crippen MR) is 80.8 cm³/mol. The smallest absolute Gasteiger partial charge is 0.0627 e. The molecule has 2 heterocycles. The second kappa shape index (κ2) is 5.16. The molecule has 3 fully saturated rings. The average Bonchev–Trinajstić information content (AvgIpc) is 3.01. The molecule has 0 radical (unpaired) electrons. The lowest BCUT2D eigenvalue weighted by molar-refractivity contribution is 0.0863. The zero-order valence-corrected chi connectivity index (χ0v) is 12.3. The number of hydrogen-bond donors (Lipinski definition) is 1. The maximum Gasteiger partial charge on any atom is 0.0627 e. The van der Waals surface area contributed by atoms with Gasteiger partial charge in [-0.05, 0) is 56.2 Å². The summed E-state index contributed by atoms with van der Waals surface area (Å²) in [6.07, 6.45) is 8.97. The lowest BCUT2D eigenvalue weighted by Crippen LogP contribution is -2.31. The van der Waals surface area contributed by atoms with E-state index in [2.05, 4.69) is 36.6 Å². The van der Waals surface area contributed by atoms with Gasteiger partial charge in [0.1, 0.15) is 0 Å². The molecule has 2 heteroatoms. The van der Waals surface area contributed by atoms with E-state index in [1.54, 1.807) is 5.56 Å². The Morgan fingerprint density at radius 2 is 2.10 bits per heavy atom. The summed E-state index contributed by atoms with van der Waals surface area (Å²) in [7, 11) is 2.10. The van der Waals surface area contributed by atoms with Crippen LogP contribution in [0.1, 0.15) is 61.6 Å². The van der Waals surface area contributed by atoms with Crippen molar-refractivity contribution in [2.24, 2.45) is 5.92 Å². The van der Waals surface area contributed by atoms with Gasteiger partial charge in [-0.1, -0.05) is 30.7 Å². The zero-order valence-electron chi connectivity index (χ0n) is 12.3. The summed E-state index contributed by atoms with van der Waals surface area (Å²) in [5, 5.41) is 3.57. The molecule has 3 aliphatic rings.